The fourth-order valence-electron chi connectivity index (χ4n) is 1.18. The lowest BCUT2D eigenvalue weighted by Gasteiger charge is -2.30. The topological polar surface area (TPSA) is 67.9 Å². The van der Waals surface area contributed by atoms with Gasteiger partial charge < -0.3 is 4.90 Å². The van der Waals surface area contributed by atoms with Gasteiger partial charge in [0.15, 0.2) is 0 Å². The summed E-state index contributed by atoms with van der Waals surface area (Å²) < 4.78 is 0. The summed E-state index contributed by atoms with van der Waals surface area (Å²) in [7, 11) is 0. The molecule has 4 nitrogen and oxygen atoms in total. The zero-order valence-corrected chi connectivity index (χ0v) is 7.88. The van der Waals surface area contributed by atoms with Gasteiger partial charge in [-0.3, -0.25) is 4.79 Å². The van der Waals surface area contributed by atoms with Gasteiger partial charge in [-0.15, -0.1) is 0 Å². The van der Waals surface area contributed by atoms with Crippen molar-refractivity contribution in [3.8, 4) is 12.1 Å². The summed E-state index contributed by atoms with van der Waals surface area (Å²) in [5.74, 6) is 1.29. The van der Waals surface area contributed by atoms with E-state index in [1.54, 1.807) is 17.8 Å². The number of carbonyl (C=O) groups is 1. The van der Waals surface area contributed by atoms with Crippen LogP contribution >= 0.6 is 11.8 Å². The van der Waals surface area contributed by atoms with E-state index >= 15 is 0 Å². The van der Waals surface area contributed by atoms with Gasteiger partial charge in [0.1, 0.15) is 12.5 Å². The minimum absolute atomic E-state index is 0.122. The second-order valence-corrected chi connectivity index (χ2v) is 3.79. The van der Waals surface area contributed by atoms with Crippen molar-refractivity contribution in [1.82, 2.24) is 4.90 Å². The first kappa shape index (κ1) is 9.88. The summed E-state index contributed by atoms with van der Waals surface area (Å²) in [5.41, 5.74) is 0. The molecule has 1 aliphatic heterocycles. The average molecular weight is 195 g/mol. The molecule has 1 unspecified atom stereocenters. The van der Waals surface area contributed by atoms with Crippen LogP contribution in [-0.2, 0) is 4.79 Å². The van der Waals surface area contributed by atoms with Gasteiger partial charge in [-0.05, 0) is 0 Å². The van der Waals surface area contributed by atoms with Crippen molar-refractivity contribution in [1.29, 1.82) is 10.5 Å². The fourth-order valence-corrected chi connectivity index (χ4v) is 2.15. The molecular weight excluding hydrogens is 186 g/mol. The first-order valence-electron chi connectivity index (χ1n) is 3.93. The maximum absolute atomic E-state index is 11.3. The third kappa shape index (κ3) is 2.37. The largest absolute Gasteiger partial charge is 0.324 e. The van der Waals surface area contributed by atoms with Gasteiger partial charge in [-0.2, -0.15) is 22.3 Å². The number of amides is 1. The third-order valence-corrected chi connectivity index (χ3v) is 2.85. The molecule has 1 saturated heterocycles. The van der Waals surface area contributed by atoms with Crippen LogP contribution in [0.2, 0.25) is 0 Å². The van der Waals surface area contributed by atoms with E-state index in [0.717, 1.165) is 5.75 Å². The van der Waals surface area contributed by atoms with Gasteiger partial charge in [0, 0.05) is 18.1 Å². The number of nitriles is 2. The molecule has 13 heavy (non-hydrogen) atoms. The third-order valence-electron chi connectivity index (χ3n) is 1.83. The molecule has 0 radical (unpaired) electrons. The molecule has 0 aromatic heterocycles. The van der Waals surface area contributed by atoms with E-state index in [2.05, 4.69) is 6.07 Å². The number of hydrogen-bond acceptors (Lipinski definition) is 4. The molecule has 1 amide bonds. The molecule has 0 spiro atoms. The van der Waals surface area contributed by atoms with Crippen LogP contribution in [0.25, 0.3) is 0 Å². The van der Waals surface area contributed by atoms with E-state index in [4.69, 9.17) is 10.5 Å². The van der Waals surface area contributed by atoms with Crippen LogP contribution in [0.4, 0.5) is 0 Å². The molecule has 0 aromatic rings. The molecule has 1 fully saturated rings. The second kappa shape index (κ2) is 4.74. The molecule has 0 saturated carbocycles. The van der Waals surface area contributed by atoms with E-state index in [-0.39, 0.29) is 18.4 Å². The van der Waals surface area contributed by atoms with Crippen molar-refractivity contribution in [3.05, 3.63) is 0 Å². The molecular formula is C8H9N3OS. The first-order chi connectivity index (χ1) is 6.29. The minimum atomic E-state index is -0.348. The minimum Gasteiger partial charge on any atom is -0.324 e. The molecule has 0 aliphatic carbocycles. The summed E-state index contributed by atoms with van der Waals surface area (Å²) in [6, 6.07) is 3.52. The molecule has 1 aliphatic rings. The predicted octanol–water partition coefficient (Wildman–Crippen LogP) is 0.368. The number of carbonyl (C=O) groups excluding carboxylic acids is 1. The lowest BCUT2D eigenvalue weighted by Crippen LogP contribution is -2.45. The van der Waals surface area contributed by atoms with Gasteiger partial charge in [0.25, 0.3) is 0 Å². The van der Waals surface area contributed by atoms with E-state index in [9.17, 15) is 4.79 Å². The smallest absolute Gasteiger partial charge is 0.237 e. The van der Waals surface area contributed by atoms with E-state index in [1.165, 1.54) is 4.90 Å². The van der Waals surface area contributed by atoms with Crippen LogP contribution in [0, 0.1) is 22.7 Å². The monoisotopic (exact) mass is 195 g/mol. The fraction of sp³-hybridized carbons (Fsp3) is 0.625. The van der Waals surface area contributed by atoms with E-state index < -0.39 is 0 Å². The number of hydrogen-bond donors (Lipinski definition) is 0. The lowest BCUT2D eigenvalue weighted by atomic mass is 10.2. The Balaban J connectivity index is 2.61. The Morgan fingerprint density at radius 3 is 3.00 bits per heavy atom. The van der Waals surface area contributed by atoms with E-state index in [1.807, 2.05) is 0 Å². The molecule has 0 aromatic carbocycles. The quantitative estimate of drug-likeness (QED) is 0.606. The Hall–Kier alpha value is -1.20. The Bertz CT molecular complexity index is 278. The maximum atomic E-state index is 11.3. The van der Waals surface area contributed by atoms with Gasteiger partial charge in [-0.25, -0.2) is 0 Å². The molecule has 1 rings (SSSR count). The van der Waals surface area contributed by atoms with Crippen LogP contribution < -0.4 is 0 Å². The van der Waals surface area contributed by atoms with Crippen molar-refractivity contribution in [2.75, 3.05) is 18.1 Å². The molecule has 0 bridgehead atoms. The highest BCUT2D eigenvalue weighted by atomic mass is 32.2. The standard InChI is InChI=1S/C8H9N3OS/c9-2-1-8(12)11-3-4-13-6-7(11)5-10/h7H,1,3-4,6H2. The van der Waals surface area contributed by atoms with Gasteiger partial charge in [-0.1, -0.05) is 0 Å². The van der Waals surface area contributed by atoms with Gasteiger partial charge in [0.2, 0.25) is 5.91 Å². The van der Waals surface area contributed by atoms with Crippen molar-refractivity contribution in [2.24, 2.45) is 0 Å². The Morgan fingerprint density at radius 2 is 2.38 bits per heavy atom. The van der Waals surface area contributed by atoms with Crippen LogP contribution in [0.15, 0.2) is 0 Å². The summed E-state index contributed by atoms with van der Waals surface area (Å²) in [4.78, 5) is 12.8. The first-order valence-corrected chi connectivity index (χ1v) is 5.09. The lowest BCUT2D eigenvalue weighted by molar-refractivity contribution is -0.130. The average Bonchev–Trinajstić information content (AvgIpc) is 2.18. The highest BCUT2D eigenvalue weighted by Gasteiger charge is 2.26. The second-order valence-electron chi connectivity index (χ2n) is 2.64. The molecule has 68 valence electrons. The number of rotatable bonds is 1. The van der Waals surface area contributed by atoms with Gasteiger partial charge >= 0.3 is 0 Å². The normalized spacial score (nSPS) is 21.7. The highest BCUT2D eigenvalue weighted by Crippen LogP contribution is 2.16. The summed E-state index contributed by atoms with van der Waals surface area (Å²) in [6.07, 6.45) is -0.122. The Labute approximate surface area is 81.1 Å². The maximum Gasteiger partial charge on any atom is 0.237 e. The number of thioether (sulfide) groups is 1. The Morgan fingerprint density at radius 1 is 1.62 bits per heavy atom. The van der Waals surface area contributed by atoms with Crippen LogP contribution in [-0.4, -0.2) is 34.9 Å². The molecule has 5 heteroatoms. The zero-order valence-electron chi connectivity index (χ0n) is 7.06. The summed E-state index contributed by atoms with van der Waals surface area (Å²) >= 11 is 1.67. The van der Waals surface area contributed by atoms with Crippen LogP contribution in [0.5, 0.6) is 0 Å². The SMILES string of the molecule is N#CCC(=O)N1CCSCC1C#N. The predicted molar refractivity (Wildman–Crippen MR) is 48.7 cm³/mol. The molecule has 1 heterocycles. The summed E-state index contributed by atoms with van der Waals surface area (Å²) in [6.45, 7) is 0.587. The van der Waals surface area contributed by atoms with Crippen molar-refractivity contribution in [2.45, 2.75) is 12.5 Å². The van der Waals surface area contributed by atoms with Crippen molar-refractivity contribution in [3.63, 3.8) is 0 Å². The van der Waals surface area contributed by atoms with Crippen LogP contribution in [0.3, 0.4) is 0 Å². The van der Waals surface area contributed by atoms with Crippen molar-refractivity contribution < 1.29 is 4.79 Å². The zero-order chi connectivity index (χ0) is 9.68. The Kier molecular flexibility index (Phi) is 3.60. The molecule has 1 atom stereocenters. The highest BCUT2D eigenvalue weighted by molar-refractivity contribution is 7.99. The van der Waals surface area contributed by atoms with E-state index in [0.29, 0.717) is 12.3 Å². The van der Waals surface area contributed by atoms with Gasteiger partial charge in [0.05, 0.1) is 12.1 Å². The van der Waals surface area contributed by atoms with Crippen LogP contribution in [0.1, 0.15) is 6.42 Å². The van der Waals surface area contributed by atoms with Crippen molar-refractivity contribution >= 4 is 17.7 Å². The summed E-state index contributed by atoms with van der Waals surface area (Å²) in [5, 5.41) is 17.1. The molecule has 0 N–H and O–H groups in total. The number of nitrogens with zero attached hydrogens (tertiary/aromatic N) is 3.